The highest BCUT2D eigenvalue weighted by Gasteiger charge is 2.14. The van der Waals surface area contributed by atoms with Crippen LogP contribution in [0.15, 0.2) is 78.6 Å². The highest BCUT2D eigenvalue weighted by atomic mass is 19.1. The number of halogens is 1. The number of hydrogen-bond donors (Lipinski definition) is 1. The Labute approximate surface area is 171 Å². The molecule has 146 valence electrons. The van der Waals surface area contributed by atoms with Crippen LogP contribution in [0.5, 0.6) is 0 Å². The van der Waals surface area contributed by atoms with E-state index >= 15 is 0 Å². The summed E-state index contributed by atoms with van der Waals surface area (Å²) in [7, 11) is 0. The fourth-order valence-electron chi connectivity index (χ4n) is 3.09. The van der Waals surface area contributed by atoms with Gasteiger partial charge >= 0.3 is 0 Å². The summed E-state index contributed by atoms with van der Waals surface area (Å²) in [6.07, 6.45) is 8.90. The van der Waals surface area contributed by atoms with Gasteiger partial charge in [0.15, 0.2) is 0 Å². The predicted octanol–water partition coefficient (Wildman–Crippen LogP) is 6.77. The normalized spacial score (nSPS) is 12.4. The van der Waals surface area contributed by atoms with Crippen molar-refractivity contribution in [2.75, 3.05) is 5.32 Å². The van der Waals surface area contributed by atoms with E-state index in [1.165, 1.54) is 12.1 Å². The Morgan fingerprint density at radius 3 is 2.62 bits per heavy atom. The first kappa shape index (κ1) is 20.2. The van der Waals surface area contributed by atoms with Crippen molar-refractivity contribution in [1.82, 2.24) is 4.98 Å². The monoisotopic (exact) mass is 385 g/mol. The van der Waals surface area contributed by atoms with Crippen LogP contribution >= 0.6 is 0 Å². The van der Waals surface area contributed by atoms with E-state index in [0.717, 1.165) is 27.8 Å². The maximum absolute atomic E-state index is 13.9. The molecule has 0 aliphatic rings. The Kier molecular flexibility index (Phi) is 6.69. The molecule has 1 aromatic heterocycles. The lowest BCUT2D eigenvalue weighted by atomic mass is 9.99. The van der Waals surface area contributed by atoms with Gasteiger partial charge in [0, 0.05) is 30.2 Å². The van der Waals surface area contributed by atoms with E-state index in [1.54, 1.807) is 24.7 Å². The van der Waals surface area contributed by atoms with Crippen LogP contribution in [-0.2, 0) is 0 Å². The predicted molar refractivity (Wildman–Crippen MR) is 121 cm³/mol. The molecule has 4 heteroatoms. The maximum Gasteiger partial charge on any atom is 0.134 e. The SMILES string of the molecule is C=Cc1ccc(C(C)Nc2nccc(/C=C\N=CC)c2-c2cccc(F)c2)cc1. The van der Waals surface area contributed by atoms with Crippen molar-refractivity contribution in [2.24, 2.45) is 4.99 Å². The van der Waals surface area contributed by atoms with E-state index in [-0.39, 0.29) is 11.9 Å². The summed E-state index contributed by atoms with van der Waals surface area (Å²) in [6, 6.07) is 16.7. The molecule has 2 aromatic carbocycles. The Morgan fingerprint density at radius 1 is 1.14 bits per heavy atom. The molecule has 0 saturated heterocycles. The largest absolute Gasteiger partial charge is 0.363 e. The van der Waals surface area contributed by atoms with Gasteiger partial charge in [0.25, 0.3) is 0 Å². The summed E-state index contributed by atoms with van der Waals surface area (Å²) in [5.74, 6) is 0.408. The Balaban J connectivity index is 2.02. The molecule has 0 saturated carbocycles. The van der Waals surface area contributed by atoms with Crippen molar-refractivity contribution in [2.45, 2.75) is 19.9 Å². The summed E-state index contributed by atoms with van der Waals surface area (Å²) < 4.78 is 13.9. The average Bonchev–Trinajstić information content (AvgIpc) is 2.74. The number of nitrogens with zero attached hydrogens (tertiary/aromatic N) is 2. The van der Waals surface area contributed by atoms with E-state index in [4.69, 9.17) is 0 Å². The first-order valence-electron chi connectivity index (χ1n) is 9.50. The molecule has 0 spiro atoms. The quantitative estimate of drug-likeness (QED) is 0.456. The second kappa shape index (κ2) is 9.60. The van der Waals surface area contributed by atoms with Gasteiger partial charge in [0.1, 0.15) is 11.6 Å². The zero-order chi connectivity index (χ0) is 20.6. The number of benzene rings is 2. The molecule has 1 unspecified atom stereocenters. The molecular formula is C25H24FN3. The third-order valence-electron chi connectivity index (χ3n) is 4.61. The van der Waals surface area contributed by atoms with Crippen molar-refractivity contribution in [1.29, 1.82) is 0 Å². The van der Waals surface area contributed by atoms with Gasteiger partial charge in [-0.2, -0.15) is 0 Å². The smallest absolute Gasteiger partial charge is 0.134 e. The van der Waals surface area contributed by atoms with Crippen LogP contribution in [0.1, 0.15) is 36.6 Å². The number of anilines is 1. The van der Waals surface area contributed by atoms with Gasteiger partial charge in [-0.15, -0.1) is 0 Å². The van der Waals surface area contributed by atoms with Crippen LogP contribution in [0.25, 0.3) is 23.3 Å². The van der Waals surface area contributed by atoms with Crippen LogP contribution < -0.4 is 5.32 Å². The standard InChI is InChI=1S/C25H24FN3/c1-4-19-9-11-20(12-10-19)18(3)29-25-24(22-7-6-8-23(26)17-22)21(14-16-28-25)13-15-27-5-2/h4-18H,1H2,2-3H3,(H,28,29)/b15-13-,27-5?. The van der Waals surface area contributed by atoms with Crippen LogP contribution in [0.2, 0.25) is 0 Å². The van der Waals surface area contributed by atoms with Crippen molar-refractivity contribution < 1.29 is 4.39 Å². The second-order valence-electron chi connectivity index (χ2n) is 6.59. The van der Waals surface area contributed by atoms with Gasteiger partial charge in [0.2, 0.25) is 0 Å². The molecule has 0 radical (unpaired) electrons. The molecule has 3 rings (SSSR count). The Morgan fingerprint density at radius 2 is 1.93 bits per heavy atom. The summed E-state index contributed by atoms with van der Waals surface area (Å²) in [6.45, 7) is 7.72. The molecule has 0 aliphatic carbocycles. The Hall–Kier alpha value is -3.53. The van der Waals surface area contributed by atoms with Gasteiger partial charge in [-0.1, -0.05) is 49.1 Å². The minimum Gasteiger partial charge on any atom is -0.363 e. The minimum atomic E-state index is -0.285. The second-order valence-corrected chi connectivity index (χ2v) is 6.59. The molecule has 29 heavy (non-hydrogen) atoms. The first-order valence-corrected chi connectivity index (χ1v) is 9.50. The molecule has 0 amide bonds. The number of nitrogens with one attached hydrogen (secondary N) is 1. The van der Waals surface area contributed by atoms with Crippen LogP contribution in [-0.4, -0.2) is 11.2 Å². The van der Waals surface area contributed by atoms with E-state index < -0.39 is 0 Å². The molecule has 0 aliphatic heterocycles. The minimum absolute atomic E-state index is 0.0153. The molecule has 1 atom stereocenters. The van der Waals surface area contributed by atoms with Crippen LogP contribution in [0, 0.1) is 5.82 Å². The van der Waals surface area contributed by atoms with Gasteiger partial charge in [-0.25, -0.2) is 9.37 Å². The molecule has 1 N–H and O–H groups in total. The summed E-state index contributed by atoms with van der Waals surface area (Å²) in [5, 5.41) is 3.48. The van der Waals surface area contributed by atoms with Crippen molar-refractivity contribution in [3.05, 3.63) is 96.1 Å². The third-order valence-corrected chi connectivity index (χ3v) is 4.61. The first-order chi connectivity index (χ1) is 14.1. The van der Waals surface area contributed by atoms with Crippen molar-refractivity contribution in [3.63, 3.8) is 0 Å². The molecule has 0 fully saturated rings. The van der Waals surface area contributed by atoms with Gasteiger partial charge in [0.05, 0.1) is 0 Å². The highest BCUT2D eigenvalue weighted by molar-refractivity contribution is 5.84. The number of aromatic nitrogens is 1. The zero-order valence-corrected chi connectivity index (χ0v) is 16.6. The summed E-state index contributed by atoms with van der Waals surface area (Å²) >= 11 is 0. The lowest BCUT2D eigenvalue weighted by Crippen LogP contribution is -2.09. The molecule has 3 aromatic rings. The van der Waals surface area contributed by atoms with Gasteiger partial charge in [-0.05, 0) is 60.4 Å². The molecule has 1 heterocycles. The topological polar surface area (TPSA) is 37.3 Å². The van der Waals surface area contributed by atoms with E-state index in [9.17, 15) is 4.39 Å². The fraction of sp³-hybridized carbons (Fsp3) is 0.120. The van der Waals surface area contributed by atoms with Crippen molar-refractivity contribution >= 4 is 24.2 Å². The third kappa shape index (κ3) is 5.05. The van der Waals surface area contributed by atoms with Crippen LogP contribution in [0.3, 0.4) is 0 Å². The number of rotatable bonds is 7. The molecular weight excluding hydrogens is 361 g/mol. The van der Waals surface area contributed by atoms with E-state index in [1.807, 2.05) is 43.3 Å². The number of pyridine rings is 1. The van der Waals surface area contributed by atoms with Crippen molar-refractivity contribution in [3.8, 4) is 11.1 Å². The lowest BCUT2D eigenvalue weighted by molar-refractivity contribution is 0.628. The van der Waals surface area contributed by atoms with Gasteiger partial charge in [-0.3, -0.25) is 4.99 Å². The number of hydrogen-bond acceptors (Lipinski definition) is 3. The lowest BCUT2D eigenvalue weighted by Gasteiger charge is -2.19. The summed E-state index contributed by atoms with van der Waals surface area (Å²) in [4.78, 5) is 8.70. The van der Waals surface area contributed by atoms with E-state index in [0.29, 0.717) is 5.82 Å². The zero-order valence-electron chi connectivity index (χ0n) is 16.6. The molecule has 3 nitrogen and oxygen atoms in total. The Bertz CT molecular complexity index is 1040. The van der Waals surface area contributed by atoms with Gasteiger partial charge < -0.3 is 5.32 Å². The maximum atomic E-state index is 13.9. The number of aliphatic imine (C=N–C) groups is 1. The average molecular weight is 385 g/mol. The fourth-order valence-corrected chi connectivity index (χ4v) is 3.09. The van der Waals surface area contributed by atoms with E-state index in [2.05, 4.69) is 40.9 Å². The van der Waals surface area contributed by atoms with Crippen LogP contribution in [0.4, 0.5) is 10.2 Å². The highest BCUT2D eigenvalue weighted by Crippen LogP contribution is 2.33. The summed E-state index contributed by atoms with van der Waals surface area (Å²) in [5.41, 5.74) is 4.70. The molecule has 0 bridgehead atoms.